The van der Waals surface area contributed by atoms with Crippen molar-refractivity contribution in [2.45, 2.75) is 31.6 Å². The third kappa shape index (κ3) is 6.17. The molecule has 0 aliphatic carbocycles. The highest BCUT2D eigenvalue weighted by molar-refractivity contribution is 6.35. The van der Waals surface area contributed by atoms with Crippen molar-refractivity contribution in [1.82, 2.24) is 9.80 Å². The van der Waals surface area contributed by atoms with Gasteiger partial charge in [0, 0.05) is 23.1 Å². The molecule has 0 saturated carbocycles. The van der Waals surface area contributed by atoms with E-state index in [2.05, 4.69) is 0 Å². The molecule has 6 nitrogen and oxygen atoms in total. The van der Waals surface area contributed by atoms with Gasteiger partial charge in [-0.05, 0) is 41.8 Å². The molecule has 1 unspecified atom stereocenters. The van der Waals surface area contributed by atoms with Crippen LogP contribution in [-0.2, 0) is 33.5 Å². The topological polar surface area (TPSA) is 77.9 Å². The Kier molecular flexibility index (Phi) is 7.54. The zero-order valence-electron chi connectivity index (χ0n) is 17.1. The van der Waals surface area contributed by atoms with Crippen LogP contribution >= 0.6 is 23.2 Å². The molecule has 33 heavy (non-hydrogen) atoms. The van der Waals surface area contributed by atoms with Crippen molar-refractivity contribution in [3.63, 3.8) is 0 Å². The minimum absolute atomic E-state index is 0.135. The second-order valence-corrected chi connectivity index (χ2v) is 8.42. The molecule has 2 amide bonds. The summed E-state index contributed by atoms with van der Waals surface area (Å²) in [6.45, 7) is -0.325. The Morgan fingerprint density at radius 3 is 2.33 bits per heavy atom. The summed E-state index contributed by atoms with van der Waals surface area (Å²) in [6, 6.07) is 7.78. The summed E-state index contributed by atoms with van der Waals surface area (Å²) >= 11 is 12.0. The average Bonchev–Trinajstić information content (AvgIpc) is 2.72. The molecule has 2 aromatic rings. The molecule has 0 bridgehead atoms. The number of carboxylic acids is 1. The second kappa shape index (κ2) is 10.0. The lowest BCUT2D eigenvalue weighted by Gasteiger charge is -2.40. The van der Waals surface area contributed by atoms with E-state index in [-0.39, 0.29) is 19.6 Å². The fraction of sp³-hybridized carbons (Fsp3) is 0.318. The lowest BCUT2D eigenvalue weighted by atomic mass is 10.0. The van der Waals surface area contributed by atoms with Crippen LogP contribution in [-0.4, -0.2) is 51.8 Å². The number of halogens is 5. The van der Waals surface area contributed by atoms with Gasteiger partial charge in [-0.3, -0.25) is 14.4 Å². The Morgan fingerprint density at radius 1 is 1.09 bits per heavy atom. The number of carbonyl (C=O) groups is 3. The number of aliphatic carboxylic acids is 1. The number of hydrogen-bond donors (Lipinski definition) is 1. The van der Waals surface area contributed by atoms with Crippen molar-refractivity contribution in [3.05, 3.63) is 69.2 Å². The van der Waals surface area contributed by atoms with Gasteiger partial charge in [0.05, 0.1) is 18.5 Å². The molecule has 3 rings (SSSR count). The molecule has 1 aliphatic rings. The van der Waals surface area contributed by atoms with E-state index in [0.717, 1.165) is 17.0 Å². The smallest absolute Gasteiger partial charge is 0.416 e. The van der Waals surface area contributed by atoms with Crippen LogP contribution < -0.4 is 0 Å². The summed E-state index contributed by atoms with van der Waals surface area (Å²) in [4.78, 5) is 39.6. The molecule has 0 radical (unpaired) electrons. The summed E-state index contributed by atoms with van der Waals surface area (Å²) in [5.74, 6) is -2.32. The highest BCUT2D eigenvalue weighted by atomic mass is 35.5. The van der Waals surface area contributed by atoms with Crippen LogP contribution in [0.3, 0.4) is 0 Å². The van der Waals surface area contributed by atoms with E-state index >= 15 is 0 Å². The highest BCUT2D eigenvalue weighted by Gasteiger charge is 2.40. The van der Waals surface area contributed by atoms with Crippen LogP contribution in [0, 0.1) is 0 Å². The molecular weight excluding hydrogens is 484 g/mol. The first-order valence-corrected chi connectivity index (χ1v) is 10.6. The number of rotatable bonds is 7. The van der Waals surface area contributed by atoms with E-state index in [1.54, 1.807) is 18.2 Å². The van der Waals surface area contributed by atoms with E-state index in [4.69, 9.17) is 23.2 Å². The summed E-state index contributed by atoms with van der Waals surface area (Å²) in [5.41, 5.74) is 0.214. The average molecular weight is 503 g/mol. The zero-order valence-corrected chi connectivity index (χ0v) is 18.6. The Morgan fingerprint density at radius 2 is 1.76 bits per heavy atom. The van der Waals surface area contributed by atoms with Crippen molar-refractivity contribution in [1.29, 1.82) is 0 Å². The lowest BCUT2D eigenvalue weighted by Crippen LogP contribution is -2.60. The van der Waals surface area contributed by atoms with Gasteiger partial charge >= 0.3 is 12.1 Å². The van der Waals surface area contributed by atoms with Gasteiger partial charge in [0.15, 0.2) is 0 Å². The molecule has 0 aromatic heterocycles. The van der Waals surface area contributed by atoms with Crippen LogP contribution in [0.1, 0.15) is 23.1 Å². The van der Waals surface area contributed by atoms with Gasteiger partial charge in [-0.25, -0.2) is 0 Å². The second-order valence-electron chi connectivity index (χ2n) is 7.58. The first-order chi connectivity index (χ1) is 15.5. The van der Waals surface area contributed by atoms with Crippen LogP contribution in [0.2, 0.25) is 10.0 Å². The molecule has 1 aliphatic heterocycles. The van der Waals surface area contributed by atoms with Crippen molar-refractivity contribution in [2.24, 2.45) is 0 Å². The van der Waals surface area contributed by atoms with Crippen LogP contribution in [0.15, 0.2) is 42.5 Å². The number of amides is 2. The van der Waals surface area contributed by atoms with E-state index in [9.17, 15) is 32.7 Å². The van der Waals surface area contributed by atoms with Gasteiger partial charge < -0.3 is 14.9 Å². The summed E-state index contributed by atoms with van der Waals surface area (Å²) in [6.07, 6.45) is -4.80. The Balaban J connectivity index is 1.75. The molecule has 1 N–H and O–H groups in total. The number of benzene rings is 2. The van der Waals surface area contributed by atoms with Crippen molar-refractivity contribution in [3.8, 4) is 0 Å². The highest BCUT2D eigenvalue weighted by Crippen LogP contribution is 2.30. The van der Waals surface area contributed by atoms with Crippen molar-refractivity contribution < 1.29 is 32.7 Å². The Bertz CT molecular complexity index is 1060. The van der Waals surface area contributed by atoms with E-state index in [1.807, 2.05) is 0 Å². The number of carboxylic acid groups (broad SMARTS) is 1. The fourth-order valence-electron chi connectivity index (χ4n) is 3.58. The van der Waals surface area contributed by atoms with Crippen molar-refractivity contribution in [2.75, 3.05) is 13.1 Å². The van der Waals surface area contributed by atoms with Gasteiger partial charge in [0.25, 0.3) is 0 Å². The molecule has 1 atom stereocenters. The maximum Gasteiger partial charge on any atom is 0.416 e. The quantitative estimate of drug-likeness (QED) is 0.613. The van der Waals surface area contributed by atoms with Crippen molar-refractivity contribution >= 4 is 41.0 Å². The van der Waals surface area contributed by atoms with E-state index in [1.165, 1.54) is 17.0 Å². The Labute approximate surface area is 197 Å². The third-order valence-corrected chi connectivity index (χ3v) is 5.87. The van der Waals surface area contributed by atoms with E-state index in [0.29, 0.717) is 27.6 Å². The summed E-state index contributed by atoms with van der Waals surface area (Å²) in [7, 11) is 0. The zero-order chi connectivity index (χ0) is 24.3. The molecule has 11 heteroatoms. The molecule has 1 heterocycles. The van der Waals surface area contributed by atoms with Gasteiger partial charge in [-0.1, -0.05) is 41.4 Å². The standard InChI is InChI=1S/C22H19Cl2F3N2O4/c23-16-6-3-14(17(24)9-16)7-8-28-12-19(30)29(18(21(28)33)10-20(31)32)11-13-1-4-15(5-2-13)22(25,26)27/h1-6,9,18H,7-8,10-12H2,(H,31,32). The monoisotopic (exact) mass is 502 g/mol. The molecule has 2 aromatic carbocycles. The van der Waals surface area contributed by atoms with Gasteiger partial charge in [-0.15, -0.1) is 0 Å². The fourth-order valence-corrected chi connectivity index (χ4v) is 4.08. The van der Waals surface area contributed by atoms with Gasteiger partial charge in [-0.2, -0.15) is 13.2 Å². The predicted molar refractivity (Wildman–Crippen MR) is 115 cm³/mol. The summed E-state index contributed by atoms with van der Waals surface area (Å²) < 4.78 is 38.4. The van der Waals surface area contributed by atoms with Gasteiger partial charge in [0.1, 0.15) is 6.04 Å². The molecular formula is C22H19Cl2F3N2O4. The largest absolute Gasteiger partial charge is 0.481 e. The first-order valence-electron chi connectivity index (χ1n) is 9.86. The molecule has 176 valence electrons. The number of alkyl halides is 3. The maximum atomic E-state index is 13.0. The number of nitrogens with zero attached hydrogens (tertiary/aromatic N) is 2. The van der Waals surface area contributed by atoms with E-state index < -0.39 is 42.0 Å². The predicted octanol–water partition coefficient (Wildman–Crippen LogP) is 4.27. The molecule has 1 saturated heterocycles. The molecule has 0 spiro atoms. The number of hydrogen-bond acceptors (Lipinski definition) is 3. The lowest BCUT2D eigenvalue weighted by molar-refractivity contribution is -0.159. The van der Waals surface area contributed by atoms with Crippen LogP contribution in [0.5, 0.6) is 0 Å². The maximum absolute atomic E-state index is 13.0. The minimum Gasteiger partial charge on any atom is -0.481 e. The Hall–Kier alpha value is -2.78. The molecule has 1 fully saturated rings. The number of piperazine rings is 1. The van der Waals surface area contributed by atoms with Crippen LogP contribution in [0.25, 0.3) is 0 Å². The van der Waals surface area contributed by atoms with Gasteiger partial charge in [0.2, 0.25) is 11.8 Å². The number of carbonyl (C=O) groups excluding carboxylic acids is 2. The normalized spacial score (nSPS) is 16.9. The summed E-state index contributed by atoms with van der Waals surface area (Å²) in [5, 5.41) is 10.1. The first kappa shape index (κ1) is 24.9. The van der Waals surface area contributed by atoms with Crippen LogP contribution in [0.4, 0.5) is 13.2 Å². The third-order valence-electron chi connectivity index (χ3n) is 5.29. The SMILES string of the molecule is O=C(O)CC1C(=O)N(CCc2ccc(Cl)cc2Cl)CC(=O)N1Cc1ccc(C(F)(F)F)cc1. The minimum atomic E-state index is -4.51.